The Morgan fingerprint density at radius 3 is 2.38 bits per heavy atom. The molecule has 0 atom stereocenters. The van der Waals surface area contributed by atoms with E-state index in [-0.39, 0.29) is 12.3 Å². The number of ether oxygens (including phenoxy) is 2. The number of nitro benzene ring substituents is 1. The molecule has 0 spiro atoms. The van der Waals surface area contributed by atoms with Crippen molar-refractivity contribution in [1.82, 2.24) is 0 Å². The predicted octanol–water partition coefficient (Wildman–Crippen LogP) is 5.88. The Hall–Kier alpha value is -4.14. The van der Waals surface area contributed by atoms with Gasteiger partial charge in [0.25, 0.3) is 5.69 Å². The van der Waals surface area contributed by atoms with Crippen LogP contribution in [0.4, 0.5) is 5.69 Å². The van der Waals surface area contributed by atoms with E-state index in [1.165, 1.54) is 19.2 Å². The molecule has 32 heavy (non-hydrogen) atoms. The zero-order valence-electron chi connectivity index (χ0n) is 16.9. The van der Waals surface area contributed by atoms with Crippen LogP contribution in [0.25, 0.3) is 11.6 Å². The Balaban J connectivity index is 1.85. The highest BCUT2D eigenvalue weighted by atomic mass is 79.9. The Kier molecular flexibility index (Phi) is 7.22. The van der Waals surface area contributed by atoms with Gasteiger partial charge in [0.15, 0.2) is 11.5 Å². The number of hydrogen-bond donors (Lipinski definition) is 0. The van der Waals surface area contributed by atoms with Crippen LogP contribution in [-0.2, 0) is 6.61 Å². The summed E-state index contributed by atoms with van der Waals surface area (Å²) in [5, 5.41) is 29.3. The first-order chi connectivity index (χ1) is 15.4. The van der Waals surface area contributed by atoms with Crippen molar-refractivity contribution in [2.75, 3.05) is 7.11 Å². The van der Waals surface area contributed by atoms with Gasteiger partial charge in [-0.1, -0.05) is 12.1 Å². The highest BCUT2D eigenvalue weighted by Gasteiger charge is 2.13. The predicted molar refractivity (Wildman–Crippen MR) is 123 cm³/mol. The van der Waals surface area contributed by atoms with Crippen molar-refractivity contribution in [3.05, 3.63) is 97.5 Å². The van der Waals surface area contributed by atoms with Crippen LogP contribution in [-0.4, -0.2) is 12.0 Å². The van der Waals surface area contributed by atoms with Gasteiger partial charge in [-0.3, -0.25) is 10.1 Å². The molecule has 0 bridgehead atoms. The minimum absolute atomic E-state index is 0.0132. The van der Waals surface area contributed by atoms with Crippen molar-refractivity contribution in [2.45, 2.75) is 6.61 Å². The molecule has 0 aliphatic carbocycles. The number of nitro groups is 1. The van der Waals surface area contributed by atoms with E-state index in [4.69, 9.17) is 14.7 Å². The Morgan fingerprint density at radius 2 is 1.81 bits per heavy atom. The van der Waals surface area contributed by atoms with Gasteiger partial charge in [0.2, 0.25) is 0 Å². The number of methoxy groups -OCH3 is 1. The summed E-state index contributed by atoms with van der Waals surface area (Å²) < 4.78 is 12.0. The Morgan fingerprint density at radius 1 is 1.12 bits per heavy atom. The normalized spacial score (nSPS) is 10.7. The Labute approximate surface area is 193 Å². The summed E-state index contributed by atoms with van der Waals surface area (Å²) in [4.78, 5) is 10.3. The zero-order valence-corrected chi connectivity index (χ0v) is 18.5. The van der Waals surface area contributed by atoms with Gasteiger partial charge < -0.3 is 9.47 Å². The summed E-state index contributed by atoms with van der Waals surface area (Å²) in [5.74, 6) is 0.935. The molecule has 0 unspecified atom stereocenters. The highest BCUT2D eigenvalue weighted by Crippen LogP contribution is 2.38. The van der Waals surface area contributed by atoms with E-state index >= 15 is 0 Å². The first-order valence-corrected chi connectivity index (χ1v) is 10.1. The lowest BCUT2D eigenvalue weighted by molar-refractivity contribution is -0.384. The van der Waals surface area contributed by atoms with Crippen LogP contribution in [0.1, 0.15) is 22.3 Å². The molecule has 0 saturated carbocycles. The molecule has 0 saturated heterocycles. The van der Waals surface area contributed by atoms with Crippen molar-refractivity contribution < 1.29 is 14.4 Å². The lowest BCUT2D eigenvalue weighted by Crippen LogP contribution is -1.99. The third kappa shape index (κ3) is 5.31. The average Bonchev–Trinajstić information content (AvgIpc) is 2.81. The second-order valence-corrected chi connectivity index (χ2v) is 7.46. The van der Waals surface area contributed by atoms with Gasteiger partial charge in [0, 0.05) is 12.1 Å². The largest absolute Gasteiger partial charge is 0.493 e. The minimum Gasteiger partial charge on any atom is -0.493 e. The third-order valence-corrected chi connectivity index (χ3v) is 5.13. The van der Waals surface area contributed by atoms with Gasteiger partial charge in [0.1, 0.15) is 6.61 Å². The fourth-order valence-electron chi connectivity index (χ4n) is 2.90. The third-order valence-electron chi connectivity index (χ3n) is 4.54. The molecule has 0 heterocycles. The van der Waals surface area contributed by atoms with Crippen molar-refractivity contribution in [3.63, 3.8) is 0 Å². The molecule has 0 fully saturated rings. The Bertz CT molecular complexity index is 1250. The van der Waals surface area contributed by atoms with E-state index in [9.17, 15) is 15.4 Å². The van der Waals surface area contributed by atoms with Crippen LogP contribution in [0.15, 0.2) is 65.1 Å². The molecule has 3 rings (SSSR count). The van der Waals surface area contributed by atoms with E-state index in [0.717, 1.165) is 11.1 Å². The maximum Gasteiger partial charge on any atom is 0.269 e. The number of halogens is 1. The van der Waals surface area contributed by atoms with Crippen molar-refractivity contribution in [2.24, 2.45) is 0 Å². The van der Waals surface area contributed by atoms with E-state index in [2.05, 4.69) is 28.1 Å². The second-order valence-electron chi connectivity index (χ2n) is 6.61. The number of non-ortho nitro benzene ring substituents is 1. The number of nitrogens with zero attached hydrogens (tertiary/aromatic N) is 3. The van der Waals surface area contributed by atoms with E-state index < -0.39 is 4.92 Å². The molecular formula is C24H16BrN3O4. The number of rotatable bonds is 7. The van der Waals surface area contributed by atoms with Gasteiger partial charge in [-0.05, 0) is 75.1 Å². The summed E-state index contributed by atoms with van der Waals surface area (Å²) in [5.41, 5.74) is 3.14. The zero-order chi connectivity index (χ0) is 23.1. The minimum atomic E-state index is -0.454. The topological polar surface area (TPSA) is 109 Å². The molecule has 0 amide bonds. The van der Waals surface area contributed by atoms with Crippen LogP contribution >= 0.6 is 15.9 Å². The van der Waals surface area contributed by atoms with Crippen LogP contribution < -0.4 is 9.47 Å². The monoisotopic (exact) mass is 489 g/mol. The molecule has 0 aliphatic heterocycles. The molecule has 3 aromatic rings. The van der Waals surface area contributed by atoms with Crippen LogP contribution in [0.3, 0.4) is 0 Å². The highest BCUT2D eigenvalue weighted by molar-refractivity contribution is 9.10. The first kappa shape index (κ1) is 22.5. The molecular weight excluding hydrogens is 474 g/mol. The summed E-state index contributed by atoms with van der Waals surface area (Å²) in [6.45, 7) is 0.191. The average molecular weight is 490 g/mol. The smallest absolute Gasteiger partial charge is 0.269 e. The lowest BCUT2D eigenvalue weighted by Gasteiger charge is -2.14. The van der Waals surface area contributed by atoms with Crippen LogP contribution in [0.5, 0.6) is 11.5 Å². The van der Waals surface area contributed by atoms with Crippen molar-refractivity contribution >= 4 is 33.3 Å². The molecule has 158 valence electrons. The summed E-state index contributed by atoms with van der Waals surface area (Å²) in [6, 6.07) is 20.6. The van der Waals surface area contributed by atoms with Gasteiger partial charge in [-0.2, -0.15) is 10.5 Å². The summed E-state index contributed by atoms with van der Waals surface area (Å²) in [7, 11) is 1.51. The number of allylic oxidation sites excluding steroid dienone is 1. The first-order valence-electron chi connectivity index (χ1n) is 9.31. The van der Waals surface area contributed by atoms with E-state index in [0.29, 0.717) is 32.7 Å². The maximum absolute atomic E-state index is 10.8. The fraction of sp³-hybridized carbons (Fsp3) is 0.0833. The summed E-state index contributed by atoms with van der Waals surface area (Å²) in [6.07, 6.45) is 1.72. The maximum atomic E-state index is 10.8. The van der Waals surface area contributed by atoms with Crippen LogP contribution in [0, 0.1) is 32.8 Å². The molecule has 8 heteroatoms. The van der Waals surface area contributed by atoms with Gasteiger partial charge in [-0.25, -0.2) is 0 Å². The molecule has 0 aliphatic rings. The molecule has 0 aromatic heterocycles. The number of benzene rings is 3. The SMILES string of the molecule is COc1cc(/C=C(/C#N)c2ccc(C#N)cc2)cc(Br)c1OCc1ccc([N+](=O)[O-])cc1. The molecule has 3 aromatic carbocycles. The van der Waals surface area contributed by atoms with Gasteiger partial charge in [0.05, 0.1) is 39.8 Å². The fourth-order valence-corrected chi connectivity index (χ4v) is 3.48. The molecule has 0 N–H and O–H groups in total. The van der Waals surface area contributed by atoms with Crippen molar-refractivity contribution in [3.8, 4) is 23.6 Å². The van der Waals surface area contributed by atoms with Crippen molar-refractivity contribution in [1.29, 1.82) is 10.5 Å². The van der Waals surface area contributed by atoms with E-state index in [1.807, 2.05) is 0 Å². The van der Waals surface area contributed by atoms with Gasteiger partial charge in [-0.15, -0.1) is 0 Å². The standard InChI is InChI=1S/C24H16BrN3O4/c1-31-23-12-18(10-20(14-27)19-6-2-16(13-26)3-7-19)11-22(25)24(23)32-15-17-4-8-21(9-5-17)28(29)30/h2-12H,15H2,1H3/b20-10-. The van der Waals surface area contributed by atoms with Crippen LogP contribution in [0.2, 0.25) is 0 Å². The molecule has 0 radical (unpaired) electrons. The van der Waals surface area contributed by atoms with Gasteiger partial charge >= 0.3 is 0 Å². The quantitative estimate of drug-likeness (QED) is 0.177. The molecule has 7 nitrogen and oxygen atoms in total. The summed E-state index contributed by atoms with van der Waals surface area (Å²) >= 11 is 3.49. The second kappa shape index (κ2) is 10.3. The number of hydrogen-bond acceptors (Lipinski definition) is 6. The lowest BCUT2D eigenvalue weighted by atomic mass is 10.0. The van der Waals surface area contributed by atoms with E-state index in [1.54, 1.807) is 54.6 Å². The number of nitriles is 2.